The van der Waals surface area contributed by atoms with E-state index in [4.69, 9.17) is 10.8 Å². The number of aromatic nitrogens is 2. The van der Waals surface area contributed by atoms with Gasteiger partial charge in [-0.25, -0.2) is 0 Å². The molecule has 0 saturated carbocycles. The van der Waals surface area contributed by atoms with Gasteiger partial charge in [0, 0.05) is 18.0 Å². The average molecular weight is 342 g/mol. The number of nitrogens with zero attached hydrogens (tertiary/aromatic N) is 2. The molecule has 2 aromatic rings. The fourth-order valence-electron chi connectivity index (χ4n) is 1.78. The molecule has 0 aromatic carbocycles. The molecule has 0 spiro atoms. The lowest BCUT2D eigenvalue weighted by Crippen LogP contribution is -2.26. The van der Waals surface area contributed by atoms with Crippen LogP contribution in [0.5, 0.6) is 0 Å². The van der Waals surface area contributed by atoms with E-state index in [1.165, 1.54) is 23.1 Å². The fourth-order valence-corrected chi connectivity index (χ4v) is 2.93. The van der Waals surface area contributed by atoms with Crippen LogP contribution in [0.15, 0.2) is 18.2 Å². The molecule has 0 aliphatic heterocycles. The van der Waals surface area contributed by atoms with Crippen molar-refractivity contribution in [3.05, 3.63) is 28.8 Å². The number of halogens is 4. The highest BCUT2D eigenvalue weighted by atomic mass is 35.5. The highest BCUT2D eigenvalue weighted by Gasteiger charge is 2.34. The maximum Gasteiger partial charge on any atom is 0.435 e. The first-order valence-corrected chi connectivity index (χ1v) is 6.69. The number of aryl methyl sites for hydroxylation is 1. The van der Waals surface area contributed by atoms with Crippen LogP contribution >= 0.6 is 23.7 Å². The first-order valence-electron chi connectivity index (χ1n) is 5.88. The Bertz CT molecular complexity index is 597. The van der Waals surface area contributed by atoms with Gasteiger partial charge in [0.1, 0.15) is 0 Å². The molecule has 9 heteroatoms. The Balaban J connectivity index is 0.00000220. The third kappa shape index (κ3) is 4.19. The number of hydrogen-bond donors (Lipinski definition) is 2. The van der Waals surface area contributed by atoms with E-state index in [1.807, 2.05) is 0 Å². The van der Waals surface area contributed by atoms with Crippen molar-refractivity contribution in [3.8, 4) is 10.6 Å². The molecule has 0 radical (unpaired) electrons. The molecule has 0 saturated heterocycles. The van der Waals surface area contributed by atoms with Gasteiger partial charge in [0.15, 0.2) is 5.69 Å². The maximum atomic E-state index is 12.6. The van der Waals surface area contributed by atoms with Crippen LogP contribution in [0, 0.1) is 0 Å². The third-order valence-corrected chi connectivity index (χ3v) is 3.91. The molecule has 0 aliphatic rings. The summed E-state index contributed by atoms with van der Waals surface area (Å²) in [6.45, 7) is -0.128. The SMILES string of the molecule is Cl.Cn1nc(C(F)(F)F)cc1-c1ccc(CC(N)CO)s1. The molecule has 3 N–H and O–H groups in total. The second kappa shape index (κ2) is 6.78. The van der Waals surface area contributed by atoms with Crippen LogP contribution in [0.4, 0.5) is 13.2 Å². The summed E-state index contributed by atoms with van der Waals surface area (Å²) in [6, 6.07) is 4.21. The van der Waals surface area contributed by atoms with E-state index in [-0.39, 0.29) is 25.1 Å². The number of nitrogens with two attached hydrogens (primary N) is 1. The number of aliphatic hydroxyl groups is 1. The molecule has 0 aliphatic carbocycles. The Morgan fingerprint density at radius 2 is 2.10 bits per heavy atom. The third-order valence-electron chi connectivity index (χ3n) is 2.78. The van der Waals surface area contributed by atoms with Crippen molar-refractivity contribution >= 4 is 23.7 Å². The highest BCUT2D eigenvalue weighted by Crippen LogP contribution is 2.34. The van der Waals surface area contributed by atoms with E-state index in [2.05, 4.69) is 5.10 Å². The molecule has 118 valence electrons. The lowest BCUT2D eigenvalue weighted by Gasteiger charge is -2.04. The smallest absolute Gasteiger partial charge is 0.395 e. The van der Waals surface area contributed by atoms with Crippen LogP contribution in [-0.4, -0.2) is 27.5 Å². The molecule has 2 aromatic heterocycles. The van der Waals surface area contributed by atoms with Crippen molar-refractivity contribution < 1.29 is 18.3 Å². The van der Waals surface area contributed by atoms with E-state index in [0.717, 1.165) is 10.9 Å². The molecule has 21 heavy (non-hydrogen) atoms. The molecule has 1 unspecified atom stereocenters. The maximum absolute atomic E-state index is 12.6. The molecule has 2 rings (SSSR count). The standard InChI is InChI=1S/C12H14F3N3OS.ClH/c1-18-9(5-11(17-18)12(13,14)15)10-3-2-8(20-10)4-7(16)6-19;/h2-3,5,7,19H,4,6,16H2,1H3;1H. The van der Waals surface area contributed by atoms with Crippen LogP contribution in [0.3, 0.4) is 0 Å². The minimum atomic E-state index is -4.45. The molecular weight excluding hydrogens is 327 g/mol. The van der Waals surface area contributed by atoms with Gasteiger partial charge in [0.05, 0.1) is 17.2 Å². The van der Waals surface area contributed by atoms with Crippen LogP contribution < -0.4 is 5.73 Å². The normalized spacial score (nSPS) is 13.0. The Labute approximate surface area is 129 Å². The van der Waals surface area contributed by atoms with Gasteiger partial charge < -0.3 is 10.8 Å². The van der Waals surface area contributed by atoms with Crippen molar-refractivity contribution in [1.29, 1.82) is 0 Å². The van der Waals surface area contributed by atoms with Gasteiger partial charge in [0.25, 0.3) is 0 Å². The van der Waals surface area contributed by atoms with Gasteiger partial charge in [-0.05, 0) is 24.6 Å². The van der Waals surface area contributed by atoms with Crippen molar-refractivity contribution in [2.24, 2.45) is 12.8 Å². The van der Waals surface area contributed by atoms with E-state index in [9.17, 15) is 13.2 Å². The number of hydrogen-bond acceptors (Lipinski definition) is 4. The van der Waals surface area contributed by atoms with Gasteiger partial charge in [-0.1, -0.05) is 0 Å². The lowest BCUT2D eigenvalue weighted by atomic mass is 10.2. The second-order valence-electron chi connectivity index (χ2n) is 4.45. The van der Waals surface area contributed by atoms with Gasteiger partial charge in [-0.2, -0.15) is 18.3 Å². The first kappa shape index (κ1) is 18.0. The summed E-state index contributed by atoms with van der Waals surface area (Å²) >= 11 is 1.35. The van der Waals surface area contributed by atoms with Crippen molar-refractivity contribution in [3.63, 3.8) is 0 Å². The Kier molecular flexibility index (Phi) is 5.80. The van der Waals surface area contributed by atoms with E-state index in [0.29, 0.717) is 17.0 Å². The first-order chi connectivity index (χ1) is 9.31. The van der Waals surface area contributed by atoms with Gasteiger partial charge >= 0.3 is 6.18 Å². The second-order valence-corrected chi connectivity index (χ2v) is 5.62. The number of thiophene rings is 1. The summed E-state index contributed by atoms with van der Waals surface area (Å²) in [5, 5.41) is 12.4. The van der Waals surface area contributed by atoms with Gasteiger partial charge in [-0.3, -0.25) is 4.68 Å². The van der Waals surface area contributed by atoms with E-state index < -0.39 is 11.9 Å². The summed E-state index contributed by atoms with van der Waals surface area (Å²) in [6.07, 6.45) is -3.96. The van der Waals surface area contributed by atoms with Crippen molar-refractivity contribution in [1.82, 2.24) is 9.78 Å². The summed E-state index contributed by atoms with van der Waals surface area (Å²) < 4.78 is 39.0. The monoisotopic (exact) mass is 341 g/mol. The molecular formula is C12H15ClF3N3OS. The zero-order chi connectivity index (χ0) is 14.9. The molecule has 0 bridgehead atoms. The molecule has 1 atom stereocenters. The largest absolute Gasteiger partial charge is 0.435 e. The van der Waals surface area contributed by atoms with Crippen molar-refractivity contribution in [2.75, 3.05) is 6.61 Å². The summed E-state index contributed by atoms with van der Waals surface area (Å²) in [5.74, 6) is 0. The minimum Gasteiger partial charge on any atom is -0.395 e. The highest BCUT2D eigenvalue weighted by molar-refractivity contribution is 7.15. The molecule has 4 nitrogen and oxygen atoms in total. The fraction of sp³-hybridized carbons (Fsp3) is 0.417. The Hall–Kier alpha value is -1.09. The van der Waals surface area contributed by atoms with Crippen LogP contribution in [0.2, 0.25) is 0 Å². The zero-order valence-electron chi connectivity index (χ0n) is 11.1. The Morgan fingerprint density at radius 1 is 1.43 bits per heavy atom. The Morgan fingerprint density at radius 3 is 2.62 bits per heavy atom. The van der Waals surface area contributed by atoms with Gasteiger partial charge in [0.2, 0.25) is 0 Å². The van der Waals surface area contributed by atoms with E-state index >= 15 is 0 Å². The van der Waals surface area contributed by atoms with Gasteiger partial charge in [-0.15, -0.1) is 23.7 Å². The van der Waals surface area contributed by atoms with Crippen LogP contribution in [0.25, 0.3) is 10.6 Å². The molecule has 2 heterocycles. The number of aliphatic hydroxyl groups excluding tert-OH is 1. The molecule has 0 amide bonds. The minimum absolute atomic E-state index is 0. The lowest BCUT2D eigenvalue weighted by molar-refractivity contribution is -0.141. The number of alkyl halides is 3. The quantitative estimate of drug-likeness (QED) is 0.898. The van der Waals surface area contributed by atoms with Crippen LogP contribution in [0.1, 0.15) is 10.6 Å². The number of rotatable bonds is 4. The predicted octanol–water partition coefficient (Wildman–Crippen LogP) is 2.45. The predicted molar refractivity (Wildman–Crippen MR) is 77.5 cm³/mol. The van der Waals surface area contributed by atoms with E-state index in [1.54, 1.807) is 12.1 Å². The summed E-state index contributed by atoms with van der Waals surface area (Å²) in [7, 11) is 1.48. The molecule has 0 fully saturated rings. The summed E-state index contributed by atoms with van der Waals surface area (Å²) in [5.41, 5.74) is 5.14. The average Bonchev–Trinajstić information content (AvgIpc) is 2.94. The van der Waals surface area contributed by atoms with Crippen molar-refractivity contribution in [2.45, 2.75) is 18.6 Å². The topological polar surface area (TPSA) is 64.1 Å². The van der Waals surface area contributed by atoms with Crippen LogP contribution in [-0.2, 0) is 19.6 Å². The zero-order valence-corrected chi connectivity index (χ0v) is 12.7. The summed E-state index contributed by atoms with van der Waals surface area (Å²) in [4.78, 5) is 1.60.